The molecule has 3 N–H and O–H groups in total. The summed E-state index contributed by atoms with van der Waals surface area (Å²) in [5.41, 5.74) is 6.81. The summed E-state index contributed by atoms with van der Waals surface area (Å²) in [5.74, 6) is 6.56. The van der Waals surface area contributed by atoms with E-state index >= 15 is 0 Å². The largest absolute Gasteiger partial charge is 0.271 e. The third-order valence-corrected chi connectivity index (χ3v) is 5.51. The monoisotopic (exact) mass is 412 g/mol. The Morgan fingerprint density at radius 2 is 1.90 bits per heavy atom. The second-order valence-electron chi connectivity index (χ2n) is 5.52. The Labute approximate surface area is 144 Å². The topological polar surface area (TPSA) is 38.0 Å². The highest BCUT2D eigenvalue weighted by atomic mass is 127. The van der Waals surface area contributed by atoms with Gasteiger partial charge in [-0.25, -0.2) is 5.43 Å². The molecule has 110 valence electrons. The van der Waals surface area contributed by atoms with E-state index in [1.807, 2.05) is 18.2 Å². The number of benzene rings is 2. The van der Waals surface area contributed by atoms with Gasteiger partial charge >= 0.3 is 0 Å². The van der Waals surface area contributed by atoms with Gasteiger partial charge in [0.05, 0.1) is 6.04 Å². The maximum Gasteiger partial charge on any atom is 0.0723 e. The van der Waals surface area contributed by atoms with Crippen LogP contribution in [0.25, 0.3) is 0 Å². The van der Waals surface area contributed by atoms with Gasteiger partial charge in [-0.3, -0.25) is 5.84 Å². The average molecular weight is 413 g/mol. The van der Waals surface area contributed by atoms with Crippen molar-refractivity contribution < 1.29 is 0 Å². The lowest BCUT2D eigenvalue weighted by atomic mass is 9.76. The third kappa shape index (κ3) is 3.11. The number of nitrogens with one attached hydrogen (secondary N) is 1. The van der Waals surface area contributed by atoms with Crippen LogP contribution in [0.5, 0.6) is 0 Å². The van der Waals surface area contributed by atoms with Crippen LogP contribution in [0.4, 0.5) is 0 Å². The first-order chi connectivity index (χ1) is 10.2. The van der Waals surface area contributed by atoms with Crippen LogP contribution in [-0.4, -0.2) is 0 Å². The van der Waals surface area contributed by atoms with Gasteiger partial charge in [0.2, 0.25) is 0 Å². The minimum absolute atomic E-state index is 0.0209. The van der Waals surface area contributed by atoms with E-state index in [-0.39, 0.29) is 6.04 Å². The van der Waals surface area contributed by atoms with Crippen LogP contribution in [0, 0.1) is 3.57 Å². The molecule has 0 aliphatic heterocycles. The van der Waals surface area contributed by atoms with Crippen molar-refractivity contribution >= 4 is 34.2 Å². The number of halogens is 2. The van der Waals surface area contributed by atoms with Crippen LogP contribution in [0.3, 0.4) is 0 Å². The lowest BCUT2D eigenvalue weighted by Crippen LogP contribution is -2.31. The maximum atomic E-state index is 6.17. The highest BCUT2D eigenvalue weighted by molar-refractivity contribution is 14.1. The van der Waals surface area contributed by atoms with Crippen molar-refractivity contribution in [1.82, 2.24) is 5.43 Å². The molecule has 0 bridgehead atoms. The van der Waals surface area contributed by atoms with Crippen LogP contribution in [-0.2, 0) is 0 Å². The highest BCUT2D eigenvalue weighted by Gasteiger charge is 2.26. The Hall–Kier alpha value is -0.620. The molecule has 0 amide bonds. The Morgan fingerprint density at radius 1 is 1.14 bits per heavy atom. The molecule has 21 heavy (non-hydrogen) atoms. The number of nitrogens with two attached hydrogens (primary N) is 1. The third-order valence-electron chi connectivity index (χ3n) is 4.29. The van der Waals surface area contributed by atoms with Crippen LogP contribution in [0.2, 0.25) is 5.02 Å². The molecule has 1 saturated carbocycles. The van der Waals surface area contributed by atoms with Gasteiger partial charge in [-0.05, 0) is 76.2 Å². The van der Waals surface area contributed by atoms with Gasteiger partial charge < -0.3 is 0 Å². The van der Waals surface area contributed by atoms with E-state index in [2.05, 4.69) is 52.3 Å². The number of hydrogen-bond acceptors (Lipinski definition) is 2. The zero-order valence-electron chi connectivity index (χ0n) is 11.7. The van der Waals surface area contributed by atoms with Gasteiger partial charge in [0.25, 0.3) is 0 Å². The summed E-state index contributed by atoms with van der Waals surface area (Å²) in [4.78, 5) is 0. The normalized spacial score (nSPS) is 16.5. The van der Waals surface area contributed by atoms with Crippen molar-refractivity contribution in [3.05, 3.63) is 67.7 Å². The lowest BCUT2D eigenvalue weighted by Gasteiger charge is -2.30. The van der Waals surface area contributed by atoms with Crippen molar-refractivity contribution in [2.75, 3.05) is 0 Å². The molecule has 0 radical (unpaired) electrons. The minimum Gasteiger partial charge on any atom is -0.271 e. The minimum atomic E-state index is -0.0209. The zero-order valence-corrected chi connectivity index (χ0v) is 14.6. The summed E-state index contributed by atoms with van der Waals surface area (Å²) < 4.78 is 1.17. The molecule has 1 atom stereocenters. The quantitative estimate of drug-likeness (QED) is 0.431. The van der Waals surface area contributed by atoms with E-state index in [1.165, 1.54) is 34.0 Å². The smallest absolute Gasteiger partial charge is 0.0723 e. The van der Waals surface area contributed by atoms with E-state index in [4.69, 9.17) is 17.4 Å². The molecule has 0 heterocycles. The van der Waals surface area contributed by atoms with Crippen molar-refractivity contribution in [2.24, 2.45) is 5.84 Å². The SMILES string of the molecule is NNC(c1cc(Cl)ccc1I)c1ccccc1C1CCC1. The molecular weight excluding hydrogens is 395 g/mol. The summed E-state index contributed by atoms with van der Waals surface area (Å²) in [6.45, 7) is 0. The van der Waals surface area contributed by atoms with Crippen LogP contribution in [0.1, 0.15) is 47.9 Å². The molecule has 0 aromatic heterocycles. The fourth-order valence-corrected chi connectivity index (χ4v) is 3.78. The Bertz CT molecular complexity index is 640. The molecule has 4 heteroatoms. The highest BCUT2D eigenvalue weighted by Crippen LogP contribution is 2.41. The predicted molar refractivity (Wildman–Crippen MR) is 96.4 cm³/mol. The molecule has 1 aliphatic carbocycles. The van der Waals surface area contributed by atoms with E-state index in [0.29, 0.717) is 5.92 Å². The second kappa shape index (κ2) is 6.65. The molecular formula is C17H18ClIN2. The van der Waals surface area contributed by atoms with Gasteiger partial charge in [-0.15, -0.1) is 0 Å². The molecule has 2 aromatic carbocycles. The van der Waals surface area contributed by atoms with Crippen LogP contribution < -0.4 is 11.3 Å². The van der Waals surface area contributed by atoms with Gasteiger partial charge in [0.15, 0.2) is 0 Å². The Balaban J connectivity index is 2.06. The predicted octanol–water partition coefficient (Wildman–Crippen LogP) is 4.76. The Kier molecular flexibility index (Phi) is 4.84. The van der Waals surface area contributed by atoms with Crippen molar-refractivity contribution in [3.8, 4) is 0 Å². The van der Waals surface area contributed by atoms with E-state index in [1.54, 1.807) is 0 Å². The molecule has 0 saturated heterocycles. The van der Waals surface area contributed by atoms with Crippen LogP contribution in [0.15, 0.2) is 42.5 Å². The molecule has 2 nitrogen and oxygen atoms in total. The molecule has 0 spiro atoms. The average Bonchev–Trinajstić information content (AvgIpc) is 2.43. The van der Waals surface area contributed by atoms with E-state index in [9.17, 15) is 0 Å². The molecule has 3 rings (SSSR count). The molecule has 1 fully saturated rings. The molecule has 1 aliphatic rings. The first-order valence-electron chi connectivity index (χ1n) is 7.20. The summed E-state index contributed by atoms with van der Waals surface area (Å²) in [6.07, 6.45) is 3.89. The van der Waals surface area contributed by atoms with E-state index < -0.39 is 0 Å². The number of rotatable bonds is 4. The van der Waals surface area contributed by atoms with Crippen molar-refractivity contribution in [1.29, 1.82) is 0 Å². The first-order valence-corrected chi connectivity index (χ1v) is 8.66. The molecule has 1 unspecified atom stereocenters. The zero-order chi connectivity index (χ0) is 14.8. The summed E-state index contributed by atoms with van der Waals surface area (Å²) >= 11 is 8.51. The number of hydrazine groups is 1. The summed E-state index contributed by atoms with van der Waals surface area (Å²) in [5, 5.41) is 0.742. The van der Waals surface area contributed by atoms with Gasteiger partial charge in [-0.1, -0.05) is 42.3 Å². The first kappa shape index (κ1) is 15.3. The lowest BCUT2D eigenvalue weighted by molar-refractivity contribution is 0.414. The maximum absolute atomic E-state index is 6.17. The van der Waals surface area contributed by atoms with Gasteiger partial charge in [-0.2, -0.15) is 0 Å². The molecule has 2 aromatic rings. The van der Waals surface area contributed by atoms with Gasteiger partial charge in [0, 0.05) is 8.59 Å². The van der Waals surface area contributed by atoms with Crippen molar-refractivity contribution in [3.63, 3.8) is 0 Å². The number of hydrogen-bond donors (Lipinski definition) is 2. The van der Waals surface area contributed by atoms with Crippen molar-refractivity contribution in [2.45, 2.75) is 31.2 Å². The fraction of sp³-hybridized carbons (Fsp3) is 0.294. The Morgan fingerprint density at radius 3 is 2.57 bits per heavy atom. The fourth-order valence-electron chi connectivity index (χ4n) is 2.95. The van der Waals surface area contributed by atoms with Crippen LogP contribution >= 0.6 is 34.2 Å². The second-order valence-corrected chi connectivity index (χ2v) is 7.12. The standard InChI is InChI=1S/C17H18ClIN2/c18-12-8-9-16(19)15(10-12)17(21-20)14-7-2-1-6-13(14)11-4-3-5-11/h1-2,6-11,17,21H,3-5,20H2. The van der Waals surface area contributed by atoms with E-state index in [0.717, 1.165) is 10.6 Å². The summed E-state index contributed by atoms with van der Waals surface area (Å²) in [6, 6.07) is 14.5. The van der Waals surface area contributed by atoms with Gasteiger partial charge in [0.1, 0.15) is 0 Å². The summed E-state index contributed by atoms with van der Waals surface area (Å²) in [7, 11) is 0.